The molecule has 0 radical (unpaired) electrons. The van der Waals surface area contributed by atoms with E-state index >= 15 is 0 Å². The van der Waals surface area contributed by atoms with E-state index in [0.29, 0.717) is 0 Å². The van der Waals surface area contributed by atoms with Crippen molar-refractivity contribution in [3.63, 3.8) is 0 Å². The van der Waals surface area contributed by atoms with Gasteiger partial charge in [0.25, 0.3) is 0 Å². The van der Waals surface area contributed by atoms with Crippen LogP contribution in [0.15, 0.2) is 12.5 Å². The number of fused-ring (bicyclic) bond motifs is 1. The number of morpholine rings is 1. The van der Waals surface area contributed by atoms with Gasteiger partial charge >= 0.3 is 0 Å². The van der Waals surface area contributed by atoms with Crippen molar-refractivity contribution in [1.82, 2.24) is 24.4 Å². The molecule has 0 amide bonds. The number of aromatic nitrogens is 4. The van der Waals surface area contributed by atoms with Crippen LogP contribution in [0.3, 0.4) is 0 Å². The van der Waals surface area contributed by atoms with Crippen molar-refractivity contribution in [1.29, 1.82) is 0 Å². The van der Waals surface area contributed by atoms with Crippen molar-refractivity contribution >= 4 is 17.1 Å². The highest BCUT2D eigenvalue weighted by Gasteiger charge is 2.39. The largest absolute Gasteiger partial charge is 0.371 e. The van der Waals surface area contributed by atoms with Crippen molar-refractivity contribution in [2.75, 3.05) is 44.7 Å². The lowest BCUT2D eigenvalue weighted by molar-refractivity contribution is -0.0886. The van der Waals surface area contributed by atoms with Crippen LogP contribution in [-0.4, -0.2) is 69.9 Å². The quantitative estimate of drug-likeness (QED) is 0.771. The number of hydrogen-bond donors (Lipinski definition) is 0. The van der Waals surface area contributed by atoms with Gasteiger partial charge in [-0.3, -0.25) is 0 Å². The van der Waals surface area contributed by atoms with E-state index in [1.165, 1.54) is 0 Å². The lowest BCUT2D eigenvalue weighted by Gasteiger charge is -2.46. The molecule has 2 aromatic rings. The number of likely N-dealkylation sites (tertiary alicyclic amines) is 1. The molecule has 2 aromatic heterocycles. The summed E-state index contributed by atoms with van der Waals surface area (Å²) in [7, 11) is 4.13. The van der Waals surface area contributed by atoms with Crippen molar-refractivity contribution in [3.05, 3.63) is 12.5 Å². The minimum absolute atomic E-state index is 0.0345. The Hall–Kier alpha value is -1.73. The molecule has 4 heterocycles. The molecule has 7 heteroatoms. The van der Waals surface area contributed by atoms with Gasteiger partial charge in [-0.2, -0.15) is 4.98 Å². The van der Waals surface area contributed by atoms with Gasteiger partial charge in [0.15, 0.2) is 5.65 Å². The molecule has 0 unspecified atom stereocenters. The van der Waals surface area contributed by atoms with Gasteiger partial charge in [-0.25, -0.2) is 9.97 Å². The van der Waals surface area contributed by atoms with Crippen LogP contribution >= 0.6 is 0 Å². The summed E-state index contributed by atoms with van der Waals surface area (Å²) in [5, 5.41) is 0. The molecule has 22 heavy (non-hydrogen) atoms. The van der Waals surface area contributed by atoms with Crippen LogP contribution in [0.4, 0.5) is 5.95 Å². The van der Waals surface area contributed by atoms with Gasteiger partial charge in [0.05, 0.1) is 31.3 Å². The second-order valence-corrected chi connectivity index (χ2v) is 6.49. The highest BCUT2D eigenvalue weighted by molar-refractivity contribution is 5.70. The highest BCUT2D eigenvalue weighted by Crippen LogP contribution is 2.31. The number of piperidine rings is 1. The van der Waals surface area contributed by atoms with Gasteiger partial charge in [-0.15, -0.1) is 0 Å². The van der Waals surface area contributed by atoms with E-state index in [9.17, 15) is 0 Å². The van der Waals surface area contributed by atoms with E-state index in [4.69, 9.17) is 4.74 Å². The Morgan fingerprint density at radius 1 is 1.14 bits per heavy atom. The number of hydrogen-bond acceptors (Lipinski definition) is 6. The first kappa shape index (κ1) is 13.9. The SMILES string of the molecule is CN1CCC2(CC1)CN(c1ncc3c(ncn3C)n1)CCO2. The molecule has 0 aromatic carbocycles. The third-order valence-electron chi connectivity index (χ3n) is 4.90. The third-order valence-corrected chi connectivity index (χ3v) is 4.90. The Balaban J connectivity index is 1.58. The lowest BCUT2D eigenvalue weighted by Crippen LogP contribution is -2.56. The third kappa shape index (κ3) is 2.34. The van der Waals surface area contributed by atoms with Crippen molar-refractivity contribution in [2.45, 2.75) is 18.4 Å². The second-order valence-electron chi connectivity index (χ2n) is 6.49. The number of anilines is 1. The maximum absolute atomic E-state index is 6.15. The van der Waals surface area contributed by atoms with Crippen LogP contribution in [0.25, 0.3) is 11.2 Å². The molecule has 2 fully saturated rings. The summed E-state index contributed by atoms with van der Waals surface area (Å²) in [6.45, 7) is 4.64. The van der Waals surface area contributed by atoms with E-state index in [2.05, 4.69) is 31.8 Å². The molecule has 0 aliphatic carbocycles. The fraction of sp³-hybridized carbons (Fsp3) is 0.667. The zero-order valence-electron chi connectivity index (χ0n) is 13.2. The Morgan fingerprint density at radius 3 is 2.77 bits per heavy atom. The molecule has 1 spiro atoms. The number of rotatable bonds is 1. The van der Waals surface area contributed by atoms with Crippen LogP contribution in [-0.2, 0) is 11.8 Å². The standard InChI is InChI=1S/C15H22N6O/c1-19-5-3-15(4-6-19)10-21(7-8-22-15)14-16-9-12-13(18-14)17-11-20(12)2/h9,11H,3-8,10H2,1-2H3. The molecule has 4 rings (SSSR count). The second kappa shape index (κ2) is 5.17. The number of ether oxygens (including phenoxy) is 1. The first-order chi connectivity index (χ1) is 10.7. The first-order valence-electron chi connectivity index (χ1n) is 7.87. The van der Waals surface area contributed by atoms with Gasteiger partial charge < -0.3 is 19.1 Å². The predicted octanol–water partition coefficient (Wildman–Crippen LogP) is 0.664. The van der Waals surface area contributed by atoms with E-state index in [1.807, 2.05) is 17.8 Å². The molecule has 118 valence electrons. The summed E-state index contributed by atoms with van der Waals surface area (Å²) in [6.07, 6.45) is 5.79. The van der Waals surface area contributed by atoms with E-state index in [-0.39, 0.29) is 5.60 Å². The summed E-state index contributed by atoms with van der Waals surface area (Å²) in [5.74, 6) is 0.771. The van der Waals surface area contributed by atoms with Gasteiger partial charge in [0, 0.05) is 26.7 Å². The van der Waals surface area contributed by atoms with E-state index < -0.39 is 0 Å². The fourth-order valence-corrected chi connectivity index (χ4v) is 3.40. The van der Waals surface area contributed by atoms with Gasteiger partial charge in [0.1, 0.15) is 5.52 Å². The Labute approximate surface area is 129 Å². The monoisotopic (exact) mass is 302 g/mol. The minimum atomic E-state index is -0.0345. The van der Waals surface area contributed by atoms with Crippen LogP contribution in [0.2, 0.25) is 0 Å². The summed E-state index contributed by atoms with van der Waals surface area (Å²) in [5.41, 5.74) is 1.69. The summed E-state index contributed by atoms with van der Waals surface area (Å²) < 4.78 is 8.10. The van der Waals surface area contributed by atoms with Crippen LogP contribution in [0.1, 0.15) is 12.8 Å². The van der Waals surface area contributed by atoms with Gasteiger partial charge in [-0.1, -0.05) is 0 Å². The Bertz CT molecular complexity index is 676. The summed E-state index contributed by atoms with van der Waals surface area (Å²) >= 11 is 0. The topological polar surface area (TPSA) is 59.3 Å². The maximum Gasteiger partial charge on any atom is 0.227 e. The molecule has 2 aliphatic rings. The first-order valence-corrected chi connectivity index (χ1v) is 7.87. The molecular weight excluding hydrogens is 280 g/mol. The smallest absolute Gasteiger partial charge is 0.227 e. The molecule has 7 nitrogen and oxygen atoms in total. The summed E-state index contributed by atoms with van der Waals surface area (Å²) in [4.78, 5) is 18.1. The van der Waals surface area contributed by atoms with E-state index in [0.717, 1.165) is 62.7 Å². The Morgan fingerprint density at radius 2 is 1.95 bits per heavy atom. The molecule has 2 saturated heterocycles. The molecular formula is C15H22N6O. The number of nitrogens with zero attached hydrogens (tertiary/aromatic N) is 6. The molecule has 0 bridgehead atoms. The Kier molecular flexibility index (Phi) is 3.27. The molecule has 0 N–H and O–H groups in total. The van der Waals surface area contributed by atoms with E-state index in [1.54, 1.807) is 6.33 Å². The normalized spacial score (nSPS) is 22.5. The van der Waals surface area contributed by atoms with Crippen molar-refractivity contribution < 1.29 is 4.74 Å². The maximum atomic E-state index is 6.15. The zero-order chi connectivity index (χ0) is 15.2. The number of imidazole rings is 1. The average molecular weight is 302 g/mol. The van der Waals surface area contributed by atoms with Crippen molar-refractivity contribution in [3.8, 4) is 0 Å². The van der Waals surface area contributed by atoms with Crippen LogP contribution < -0.4 is 4.90 Å². The lowest BCUT2D eigenvalue weighted by atomic mass is 9.89. The molecule has 0 saturated carbocycles. The van der Waals surface area contributed by atoms with Crippen LogP contribution in [0, 0.1) is 0 Å². The fourth-order valence-electron chi connectivity index (χ4n) is 3.40. The number of aryl methyl sites for hydroxylation is 1. The highest BCUT2D eigenvalue weighted by atomic mass is 16.5. The average Bonchev–Trinajstić information content (AvgIpc) is 2.92. The van der Waals surface area contributed by atoms with Crippen LogP contribution in [0.5, 0.6) is 0 Å². The van der Waals surface area contributed by atoms with Gasteiger partial charge in [0.2, 0.25) is 5.95 Å². The minimum Gasteiger partial charge on any atom is -0.371 e. The van der Waals surface area contributed by atoms with Gasteiger partial charge in [-0.05, 0) is 19.9 Å². The summed E-state index contributed by atoms with van der Waals surface area (Å²) in [6, 6.07) is 0. The van der Waals surface area contributed by atoms with Crippen molar-refractivity contribution in [2.24, 2.45) is 7.05 Å². The predicted molar refractivity (Wildman–Crippen MR) is 83.9 cm³/mol. The molecule has 0 atom stereocenters. The zero-order valence-corrected chi connectivity index (χ0v) is 13.2. The molecule has 2 aliphatic heterocycles.